The molecule has 1 aliphatic rings. The van der Waals surface area contributed by atoms with Crippen LogP contribution in [0.1, 0.15) is 34.6 Å². The number of amides is 3. The van der Waals surface area contributed by atoms with Crippen LogP contribution >= 0.6 is 0 Å². The number of hydrogen-bond acceptors (Lipinski definition) is 6. The average molecular weight is 511 g/mol. The molecule has 3 rings (SSSR count). The molecule has 1 aliphatic heterocycles. The van der Waals surface area contributed by atoms with Gasteiger partial charge in [-0.3, -0.25) is 14.4 Å². The van der Waals surface area contributed by atoms with Crippen molar-refractivity contribution in [3.63, 3.8) is 0 Å². The van der Waals surface area contributed by atoms with Crippen LogP contribution < -0.4 is 10.1 Å². The predicted octanol–water partition coefficient (Wildman–Crippen LogP) is 2.83. The van der Waals surface area contributed by atoms with Gasteiger partial charge in [0.2, 0.25) is 5.91 Å². The molecule has 0 fully saturated rings. The Morgan fingerprint density at radius 3 is 2.46 bits per heavy atom. The maximum absolute atomic E-state index is 13.4. The van der Waals surface area contributed by atoms with Gasteiger partial charge in [-0.2, -0.15) is 0 Å². The molecule has 0 unspecified atom stereocenters. The van der Waals surface area contributed by atoms with Crippen LogP contribution in [0.3, 0.4) is 0 Å². The van der Waals surface area contributed by atoms with Gasteiger partial charge >= 0.3 is 0 Å². The second-order valence-corrected chi connectivity index (χ2v) is 9.91. The van der Waals surface area contributed by atoms with Crippen molar-refractivity contribution in [3.8, 4) is 5.75 Å². The van der Waals surface area contributed by atoms with E-state index in [2.05, 4.69) is 5.32 Å². The molecule has 0 aliphatic carbocycles. The first-order chi connectivity index (χ1) is 17.6. The van der Waals surface area contributed by atoms with E-state index in [4.69, 9.17) is 9.47 Å². The van der Waals surface area contributed by atoms with E-state index in [-0.39, 0.29) is 48.9 Å². The van der Waals surface area contributed by atoms with Gasteiger partial charge in [-0.15, -0.1) is 0 Å². The highest BCUT2D eigenvalue weighted by Gasteiger charge is 2.30. The van der Waals surface area contributed by atoms with E-state index in [1.807, 2.05) is 43.8 Å². The lowest BCUT2D eigenvalue weighted by atomic mass is 10.0. The molecule has 1 N–H and O–H groups in total. The average Bonchev–Trinajstić information content (AvgIpc) is 2.87. The van der Waals surface area contributed by atoms with E-state index in [0.717, 1.165) is 0 Å². The highest BCUT2D eigenvalue weighted by molar-refractivity contribution is 6.05. The molecule has 3 atom stereocenters. The number of ether oxygens (including phenoxy) is 2. The molecule has 3 amide bonds. The van der Waals surface area contributed by atoms with E-state index >= 15 is 0 Å². The fourth-order valence-electron chi connectivity index (χ4n) is 4.35. The summed E-state index contributed by atoms with van der Waals surface area (Å²) in [4.78, 5) is 44.4. The Bertz CT molecular complexity index is 1090. The number of benzene rings is 2. The van der Waals surface area contributed by atoms with Crippen LogP contribution in [0.4, 0.5) is 5.69 Å². The van der Waals surface area contributed by atoms with Crippen molar-refractivity contribution in [1.82, 2.24) is 14.7 Å². The maximum atomic E-state index is 13.4. The van der Waals surface area contributed by atoms with Crippen LogP contribution in [0, 0.1) is 5.92 Å². The van der Waals surface area contributed by atoms with Gasteiger partial charge in [-0.05, 0) is 45.3 Å². The number of likely N-dealkylation sites (N-methyl/N-ethyl adjacent to an activating group) is 2. The Morgan fingerprint density at radius 2 is 1.81 bits per heavy atom. The summed E-state index contributed by atoms with van der Waals surface area (Å²) in [6.07, 6.45) is -0.260. The van der Waals surface area contributed by atoms with Gasteiger partial charge in [0.15, 0.2) is 0 Å². The standard InChI is InChI=1S/C28H38N4O5/c1-19-15-32(26(33)17-30(3)4)20(2)18-37-24-14-22(29-27(34)21-10-8-7-9-11-21)12-13-23(24)28(35)31(5)16-25(19)36-6/h7-14,19-20,25H,15-18H2,1-6H3,(H,29,34)/t19-,20+,25+/m1/s1. The van der Waals surface area contributed by atoms with Crippen molar-refractivity contribution in [2.45, 2.75) is 26.0 Å². The van der Waals surface area contributed by atoms with Crippen LogP contribution in [0.5, 0.6) is 5.75 Å². The lowest BCUT2D eigenvalue weighted by Gasteiger charge is -2.36. The molecule has 2 aromatic rings. The van der Waals surface area contributed by atoms with Crippen LogP contribution in [0.25, 0.3) is 0 Å². The number of carbonyl (C=O) groups excluding carboxylic acids is 3. The van der Waals surface area contributed by atoms with E-state index in [0.29, 0.717) is 35.7 Å². The molecule has 200 valence electrons. The first-order valence-electron chi connectivity index (χ1n) is 12.5. The number of rotatable bonds is 5. The van der Waals surface area contributed by atoms with Crippen molar-refractivity contribution < 1.29 is 23.9 Å². The minimum Gasteiger partial charge on any atom is -0.491 e. The molecule has 2 aromatic carbocycles. The predicted molar refractivity (Wildman–Crippen MR) is 143 cm³/mol. The lowest BCUT2D eigenvalue weighted by molar-refractivity contribution is -0.136. The molecular weight excluding hydrogens is 472 g/mol. The van der Waals surface area contributed by atoms with Crippen molar-refractivity contribution >= 4 is 23.4 Å². The quantitative estimate of drug-likeness (QED) is 0.665. The van der Waals surface area contributed by atoms with Gasteiger partial charge in [0.05, 0.1) is 24.3 Å². The zero-order valence-corrected chi connectivity index (χ0v) is 22.6. The molecule has 9 nitrogen and oxygen atoms in total. The second-order valence-electron chi connectivity index (χ2n) is 9.91. The van der Waals surface area contributed by atoms with Crippen LogP contribution in [-0.4, -0.2) is 99.1 Å². The summed E-state index contributed by atoms with van der Waals surface area (Å²) in [6, 6.07) is 13.6. The normalized spacial score (nSPS) is 20.9. The molecule has 9 heteroatoms. The summed E-state index contributed by atoms with van der Waals surface area (Å²) in [5, 5.41) is 2.87. The number of nitrogens with zero attached hydrogens (tertiary/aromatic N) is 3. The molecule has 0 aromatic heterocycles. The largest absolute Gasteiger partial charge is 0.491 e. The minimum atomic E-state index is -0.261. The van der Waals surface area contributed by atoms with Gasteiger partial charge in [-0.25, -0.2) is 0 Å². The summed E-state index contributed by atoms with van der Waals surface area (Å²) < 4.78 is 11.9. The molecular formula is C28H38N4O5. The van der Waals surface area contributed by atoms with Gasteiger partial charge in [-0.1, -0.05) is 25.1 Å². The van der Waals surface area contributed by atoms with E-state index in [1.165, 1.54) is 0 Å². The third kappa shape index (κ3) is 7.30. The van der Waals surface area contributed by atoms with Crippen molar-refractivity contribution in [1.29, 1.82) is 0 Å². The third-order valence-corrected chi connectivity index (χ3v) is 6.51. The van der Waals surface area contributed by atoms with Crippen LogP contribution in [-0.2, 0) is 9.53 Å². The lowest BCUT2D eigenvalue weighted by Crippen LogP contribution is -2.50. The number of carbonyl (C=O) groups is 3. The highest BCUT2D eigenvalue weighted by Crippen LogP contribution is 2.27. The fourth-order valence-corrected chi connectivity index (χ4v) is 4.35. The summed E-state index contributed by atoms with van der Waals surface area (Å²) in [6.45, 7) is 5.24. The number of nitrogens with one attached hydrogen (secondary N) is 1. The second kappa shape index (κ2) is 12.7. The number of fused-ring (bicyclic) bond motifs is 1. The highest BCUT2D eigenvalue weighted by atomic mass is 16.5. The molecule has 37 heavy (non-hydrogen) atoms. The molecule has 0 saturated heterocycles. The van der Waals surface area contributed by atoms with E-state index in [9.17, 15) is 14.4 Å². The third-order valence-electron chi connectivity index (χ3n) is 6.51. The minimum absolute atomic E-state index is 0.00612. The smallest absolute Gasteiger partial charge is 0.257 e. The van der Waals surface area contributed by atoms with Gasteiger partial charge < -0.3 is 29.5 Å². The van der Waals surface area contributed by atoms with Gasteiger partial charge in [0, 0.05) is 50.5 Å². The molecule has 0 radical (unpaired) electrons. The Balaban J connectivity index is 1.94. The van der Waals surface area contributed by atoms with E-state index in [1.54, 1.807) is 61.5 Å². The Labute approximate surface area is 219 Å². The van der Waals surface area contributed by atoms with Crippen molar-refractivity contribution in [3.05, 3.63) is 59.7 Å². The SMILES string of the molecule is CO[C@H]1CN(C)C(=O)c2ccc(NC(=O)c3ccccc3)cc2OC[C@H](C)N(C(=O)CN(C)C)C[C@H]1C. The number of hydrogen-bond donors (Lipinski definition) is 1. The zero-order chi connectivity index (χ0) is 27.1. The summed E-state index contributed by atoms with van der Waals surface area (Å²) >= 11 is 0. The Kier molecular flexibility index (Phi) is 9.66. The van der Waals surface area contributed by atoms with Crippen LogP contribution in [0.2, 0.25) is 0 Å². The van der Waals surface area contributed by atoms with Crippen molar-refractivity contribution in [2.24, 2.45) is 5.92 Å². The zero-order valence-electron chi connectivity index (χ0n) is 22.6. The monoisotopic (exact) mass is 510 g/mol. The molecule has 0 bridgehead atoms. The topological polar surface area (TPSA) is 91.4 Å². The van der Waals surface area contributed by atoms with Crippen LogP contribution in [0.15, 0.2) is 48.5 Å². The number of methoxy groups -OCH3 is 1. The summed E-state index contributed by atoms with van der Waals surface area (Å²) in [5.41, 5.74) is 1.41. The Hall–Kier alpha value is -3.43. The van der Waals surface area contributed by atoms with Crippen molar-refractivity contribution in [2.75, 3.05) is 59.8 Å². The maximum Gasteiger partial charge on any atom is 0.257 e. The Morgan fingerprint density at radius 1 is 1.11 bits per heavy atom. The summed E-state index contributed by atoms with van der Waals surface area (Å²) in [5.74, 6) is -0.143. The molecule has 0 saturated carbocycles. The fraction of sp³-hybridized carbons (Fsp3) is 0.464. The van der Waals surface area contributed by atoms with Gasteiger partial charge in [0.25, 0.3) is 11.8 Å². The first-order valence-corrected chi connectivity index (χ1v) is 12.5. The van der Waals surface area contributed by atoms with E-state index < -0.39 is 0 Å². The number of anilines is 1. The first kappa shape index (κ1) is 28.1. The van der Waals surface area contributed by atoms with Gasteiger partial charge in [0.1, 0.15) is 12.4 Å². The molecule has 1 heterocycles. The summed E-state index contributed by atoms with van der Waals surface area (Å²) in [7, 11) is 7.07. The molecule has 0 spiro atoms.